The molecule has 3 heteroatoms. The minimum Gasteiger partial charge on any atom is -0.349 e. The van der Waals surface area contributed by atoms with E-state index in [2.05, 4.69) is 13.8 Å². The van der Waals surface area contributed by atoms with Crippen molar-refractivity contribution < 1.29 is 14.4 Å². The van der Waals surface area contributed by atoms with E-state index in [4.69, 9.17) is 9.47 Å². The number of unbranched alkanes of at least 4 members (excludes halogenated alkanes) is 1. The second-order valence-corrected chi connectivity index (χ2v) is 6.29. The van der Waals surface area contributed by atoms with Gasteiger partial charge >= 0.3 is 0 Å². The van der Waals surface area contributed by atoms with E-state index in [1.54, 1.807) is 4.90 Å². The Balaban J connectivity index is 1.71. The average molecular weight is 270 g/mol. The molecular formula is C16H32NO2+. The van der Waals surface area contributed by atoms with Crippen LogP contribution in [0.4, 0.5) is 0 Å². The Bertz CT molecular complexity index is 241. The summed E-state index contributed by atoms with van der Waals surface area (Å²) in [5.74, 6) is 0.598. The lowest BCUT2D eigenvalue weighted by Crippen LogP contribution is -3.13. The molecule has 0 bridgehead atoms. The zero-order valence-electron chi connectivity index (χ0n) is 12.8. The van der Waals surface area contributed by atoms with Gasteiger partial charge in [0.2, 0.25) is 0 Å². The SMILES string of the molecule is CCCC[C@@H](CC)[C@@H]1OC[C@H](C[NH+]2CCCCC2)O1. The summed E-state index contributed by atoms with van der Waals surface area (Å²) < 4.78 is 12.1. The van der Waals surface area contributed by atoms with Gasteiger partial charge in [0.15, 0.2) is 6.29 Å². The lowest BCUT2D eigenvalue weighted by molar-refractivity contribution is -0.907. The van der Waals surface area contributed by atoms with Crippen molar-refractivity contribution in [3.05, 3.63) is 0 Å². The minimum atomic E-state index is 0.0748. The van der Waals surface area contributed by atoms with Crippen LogP contribution in [0.3, 0.4) is 0 Å². The summed E-state index contributed by atoms with van der Waals surface area (Å²) in [6.45, 7) is 9.15. The number of nitrogens with one attached hydrogen (secondary N) is 1. The number of hydrogen-bond acceptors (Lipinski definition) is 2. The highest BCUT2D eigenvalue weighted by Crippen LogP contribution is 2.25. The number of likely N-dealkylation sites (tertiary alicyclic amines) is 1. The van der Waals surface area contributed by atoms with Crippen LogP contribution in [0.2, 0.25) is 0 Å². The molecule has 1 N–H and O–H groups in total. The Morgan fingerprint density at radius 1 is 1.16 bits per heavy atom. The Labute approximate surface area is 118 Å². The molecule has 0 radical (unpaired) electrons. The third kappa shape index (κ3) is 4.73. The van der Waals surface area contributed by atoms with Crippen LogP contribution in [0.25, 0.3) is 0 Å². The normalized spacial score (nSPS) is 30.6. The second kappa shape index (κ2) is 8.23. The molecule has 3 nitrogen and oxygen atoms in total. The van der Waals surface area contributed by atoms with Crippen LogP contribution in [-0.4, -0.2) is 38.6 Å². The minimum absolute atomic E-state index is 0.0748. The molecule has 0 aliphatic carbocycles. The first kappa shape index (κ1) is 15.3. The molecule has 0 saturated carbocycles. The predicted molar refractivity (Wildman–Crippen MR) is 77.3 cm³/mol. The third-order valence-electron chi connectivity index (χ3n) is 4.69. The summed E-state index contributed by atoms with van der Waals surface area (Å²) in [5.41, 5.74) is 0. The maximum atomic E-state index is 6.17. The van der Waals surface area contributed by atoms with Crippen LogP contribution in [0.15, 0.2) is 0 Å². The summed E-state index contributed by atoms with van der Waals surface area (Å²) in [6.07, 6.45) is 9.60. The Morgan fingerprint density at radius 2 is 1.95 bits per heavy atom. The van der Waals surface area contributed by atoms with E-state index in [1.807, 2.05) is 0 Å². The first-order chi connectivity index (χ1) is 9.33. The predicted octanol–water partition coefficient (Wildman–Crippen LogP) is 2.01. The van der Waals surface area contributed by atoms with Crippen LogP contribution in [0.5, 0.6) is 0 Å². The largest absolute Gasteiger partial charge is 0.349 e. The van der Waals surface area contributed by atoms with Gasteiger partial charge in [0.1, 0.15) is 12.6 Å². The van der Waals surface area contributed by atoms with E-state index in [0.29, 0.717) is 12.0 Å². The quantitative estimate of drug-likeness (QED) is 0.765. The van der Waals surface area contributed by atoms with E-state index in [9.17, 15) is 0 Å². The molecule has 0 aromatic rings. The molecule has 0 unspecified atom stereocenters. The van der Waals surface area contributed by atoms with E-state index < -0.39 is 0 Å². The van der Waals surface area contributed by atoms with Gasteiger partial charge in [0.25, 0.3) is 0 Å². The molecule has 2 rings (SSSR count). The topological polar surface area (TPSA) is 22.9 Å². The first-order valence-corrected chi connectivity index (χ1v) is 8.44. The maximum absolute atomic E-state index is 6.17. The Hall–Kier alpha value is -0.120. The average Bonchev–Trinajstić information content (AvgIpc) is 2.89. The van der Waals surface area contributed by atoms with Gasteiger partial charge in [-0.3, -0.25) is 0 Å². The van der Waals surface area contributed by atoms with Gasteiger partial charge in [-0.15, -0.1) is 0 Å². The van der Waals surface area contributed by atoms with Crippen molar-refractivity contribution in [1.29, 1.82) is 0 Å². The van der Waals surface area contributed by atoms with E-state index in [1.165, 1.54) is 58.0 Å². The molecule has 2 heterocycles. The number of rotatable bonds is 7. The van der Waals surface area contributed by atoms with Gasteiger partial charge in [0.05, 0.1) is 19.7 Å². The summed E-state index contributed by atoms with van der Waals surface area (Å²) in [7, 11) is 0. The zero-order valence-corrected chi connectivity index (χ0v) is 12.8. The Morgan fingerprint density at radius 3 is 2.63 bits per heavy atom. The van der Waals surface area contributed by atoms with Crippen molar-refractivity contribution in [1.82, 2.24) is 0 Å². The molecule has 112 valence electrons. The van der Waals surface area contributed by atoms with Gasteiger partial charge in [-0.25, -0.2) is 0 Å². The van der Waals surface area contributed by atoms with Crippen LogP contribution in [0, 0.1) is 5.92 Å². The Kier molecular flexibility index (Phi) is 6.62. The molecule has 2 aliphatic heterocycles. The fraction of sp³-hybridized carbons (Fsp3) is 1.00. The van der Waals surface area contributed by atoms with Gasteiger partial charge in [-0.1, -0.05) is 26.7 Å². The molecular weight excluding hydrogens is 238 g/mol. The highest BCUT2D eigenvalue weighted by molar-refractivity contribution is 4.71. The van der Waals surface area contributed by atoms with Gasteiger partial charge in [0, 0.05) is 5.92 Å². The summed E-state index contributed by atoms with van der Waals surface area (Å²) in [4.78, 5) is 1.72. The fourth-order valence-electron chi connectivity index (χ4n) is 3.40. The molecule has 0 amide bonds. The van der Waals surface area contributed by atoms with Crippen molar-refractivity contribution in [3.63, 3.8) is 0 Å². The van der Waals surface area contributed by atoms with E-state index in [0.717, 1.165) is 13.2 Å². The van der Waals surface area contributed by atoms with Gasteiger partial charge in [-0.05, 0) is 32.1 Å². The smallest absolute Gasteiger partial charge is 0.161 e. The molecule has 3 atom stereocenters. The maximum Gasteiger partial charge on any atom is 0.161 e. The monoisotopic (exact) mass is 270 g/mol. The second-order valence-electron chi connectivity index (χ2n) is 6.29. The van der Waals surface area contributed by atoms with E-state index in [-0.39, 0.29) is 6.29 Å². The molecule has 0 aromatic carbocycles. The molecule has 2 saturated heterocycles. The highest BCUT2D eigenvalue weighted by Gasteiger charge is 2.33. The molecule has 19 heavy (non-hydrogen) atoms. The highest BCUT2D eigenvalue weighted by atomic mass is 16.7. The standard InChI is InChI=1S/C16H31NO2/c1-3-5-9-14(4-2)16-18-13-15(19-16)12-17-10-7-6-8-11-17/h14-16H,3-13H2,1-2H3/p+1/t14-,15+,16-/m1/s1. The van der Waals surface area contributed by atoms with Gasteiger partial charge in [-0.2, -0.15) is 0 Å². The molecule has 0 aromatic heterocycles. The lowest BCUT2D eigenvalue weighted by Gasteiger charge is -2.26. The number of quaternary nitrogens is 1. The van der Waals surface area contributed by atoms with Crippen molar-refractivity contribution in [2.24, 2.45) is 5.92 Å². The molecule has 2 aliphatic rings. The zero-order chi connectivity index (χ0) is 13.5. The number of piperidine rings is 1. The lowest BCUT2D eigenvalue weighted by atomic mass is 9.99. The van der Waals surface area contributed by atoms with Crippen molar-refractivity contribution >= 4 is 0 Å². The van der Waals surface area contributed by atoms with Crippen molar-refractivity contribution in [2.45, 2.75) is 71.2 Å². The summed E-state index contributed by atoms with van der Waals surface area (Å²) >= 11 is 0. The van der Waals surface area contributed by atoms with Gasteiger partial charge < -0.3 is 14.4 Å². The van der Waals surface area contributed by atoms with Crippen LogP contribution < -0.4 is 4.90 Å². The summed E-state index contributed by atoms with van der Waals surface area (Å²) in [5, 5.41) is 0. The summed E-state index contributed by atoms with van der Waals surface area (Å²) in [6, 6.07) is 0. The first-order valence-electron chi connectivity index (χ1n) is 8.44. The van der Waals surface area contributed by atoms with Crippen LogP contribution >= 0.6 is 0 Å². The molecule has 2 fully saturated rings. The number of ether oxygens (including phenoxy) is 2. The van der Waals surface area contributed by atoms with Crippen LogP contribution in [0.1, 0.15) is 58.8 Å². The third-order valence-corrected chi connectivity index (χ3v) is 4.69. The fourth-order valence-corrected chi connectivity index (χ4v) is 3.40. The van der Waals surface area contributed by atoms with Crippen LogP contribution in [-0.2, 0) is 9.47 Å². The van der Waals surface area contributed by atoms with Crippen molar-refractivity contribution in [3.8, 4) is 0 Å². The molecule has 0 spiro atoms. The van der Waals surface area contributed by atoms with Crippen molar-refractivity contribution in [2.75, 3.05) is 26.2 Å². The van der Waals surface area contributed by atoms with E-state index >= 15 is 0 Å². The number of hydrogen-bond donors (Lipinski definition) is 1.